The minimum absolute atomic E-state index is 0.0188. The Morgan fingerprint density at radius 2 is 1.77 bits per heavy atom. The lowest BCUT2D eigenvalue weighted by atomic mass is 9.91. The van der Waals surface area contributed by atoms with Crippen LogP contribution in [0.3, 0.4) is 0 Å². The number of piperazine rings is 1. The summed E-state index contributed by atoms with van der Waals surface area (Å²) in [5, 5.41) is 10.7. The van der Waals surface area contributed by atoms with Crippen molar-refractivity contribution in [2.45, 2.75) is 25.0 Å². The third-order valence-corrected chi connectivity index (χ3v) is 8.34. The van der Waals surface area contributed by atoms with Crippen LogP contribution < -0.4 is 20.5 Å². The molecule has 1 aliphatic carbocycles. The van der Waals surface area contributed by atoms with E-state index in [1.165, 1.54) is 18.3 Å². The molecule has 3 aromatic rings. The first-order valence-electron chi connectivity index (χ1n) is 14.0. The van der Waals surface area contributed by atoms with E-state index >= 15 is 0 Å². The van der Waals surface area contributed by atoms with E-state index < -0.39 is 17.1 Å². The topological polar surface area (TPSA) is 107 Å². The maximum atomic E-state index is 13.4. The molecule has 2 aliphatic rings. The van der Waals surface area contributed by atoms with E-state index in [-0.39, 0.29) is 62.1 Å². The van der Waals surface area contributed by atoms with Crippen molar-refractivity contribution < 1.29 is 32.6 Å². The fraction of sp³-hybridized carbons (Fsp3) is 0.323. The fourth-order valence-electron chi connectivity index (χ4n) is 5.29. The average molecular weight is 630 g/mol. The zero-order valence-corrected chi connectivity index (χ0v) is 24.5. The number of aliphatic hydroxyl groups excluding tert-OH is 1. The number of hydrazine groups is 1. The van der Waals surface area contributed by atoms with E-state index in [0.717, 1.165) is 22.4 Å². The normalized spacial score (nSPS) is 18.9. The standard InChI is InChI=1S/C31H31ClF3N5O4/c1-19-21(9-10-25(41)28(19)32)30(43)38-37-17-20-8-11-26(23-6-3-2-5-22(20)23)44-18-27(42)39-13-15-40(16-14-39)29-24(31(33,34)35)7-4-12-36-29/h2-12,19,28,37,41H,13-18H2,1H3,(H,38,43). The molecule has 0 spiro atoms. The number of aromatic nitrogens is 1. The summed E-state index contributed by atoms with van der Waals surface area (Å²) in [5.74, 6) is -0.597. The number of aliphatic hydroxyl groups is 1. The number of nitrogens with zero attached hydrogens (tertiary/aromatic N) is 3. The molecule has 5 rings (SSSR count). The molecule has 9 nitrogen and oxygen atoms in total. The van der Waals surface area contributed by atoms with Crippen molar-refractivity contribution in [2.75, 3.05) is 37.7 Å². The molecule has 0 saturated carbocycles. The van der Waals surface area contributed by atoms with Crippen molar-refractivity contribution >= 4 is 40.0 Å². The summed E-state index contributed by atoms with van der Waals surface area (Å²) in [6, 6.07) is 13.4. The molecule has 2 aromatic carbocycles. The van der Waals surface area contributed by atoms with Gasteiger partial charge in [-0.15, -0.1) is 11.6 Å². The highest BCUT2D eigenvalue weighted by Crippen LogP contribution is 2.35. The van der Waals surface area contributed by atoms with Gasteiger partial charge in [-0.3, -0.25) is 15.0 Å². The molecule has 0 bridgehead atoms. The average Bonchev–Trinajstić information content (AvgIpc) is 3.02. The first-order valence-corrected chi connectivity index (χ1v) is 14.4. The number of carbonyl (C=O) groups excluding carboxylic acids is 2. The van der Waals surface area contributed by atoms with Gasteiger partial charge in [0.05, 0.1) is 10.9 Å². The molecular formula is C31H31ClF3N5O4. The monoisotopic (exact) mass is 629 g/mol. The van der Waals surface area contributed by atoms with Crippen LogP contribution in [0.2, 0.25) is 0 Å². The van der Waals surface area contributed by atoms with Crippen LogP contribution in [-0.2, 0) is 22.3 Å². The van der Waals surface area contributed by atoms with Gasteiger partial charge in [0.1, 0.15) is 17.3 Å². The van der Waals surface area contributed by atoms with Crippen LogP contribution in [0.5, 0.6) is 5.75 Å². The second kappa shape index (κ2) is 13.1. The lowest BCUT2D eigenvalue weighted by Crippen LogP contribution is -2.50. The highest BCUT2D eigenvalue weighted by atomic mass is 35.5. The van der Waals surface area contributed by atoms with Crippen molar-refractivity contribution in [1.82, 2.24) is 20.7 Å². The summed E-state index contributed by atoms with van der Waals surface area (Å²) < 4.78 is 46.2. The Bertz CT molecular complexity index is 1600. The largest absolute Gasteiger partial charge is 0.511 e. The number of ether oxygens (including phenoxy) is 1. The van der Waals surface area contributed by atoms with Crippen LogP contribution in [0.25, 0.3) is 10.8 Å². The molecule has 232 valence electrons. The number of anilines is 1. The number of allylic oxidation sites excluding steroid dienone is 3. The summed E-state index contributed by atoms with van der Waals surface area (Å²) in [4.78, 5) is 32.7. The number of nitrogens with one attached hydrogen (secondary N) is 2. The Hall–Kier alpha value is -4.29. The summed E-state index contributed by atoms with van der Waals surface area (Å²) in [6.45, 7) is 2.75. The Labute approximate surface area is 256 Å². The molecule has 2 atom stereocenters. The van der Waals surface area contributed by atoms with Gasteiger partial charge in [0.25, 0.3) is 11.8 Å². The number of amides is 2. The van der Waals surface area contributed by atoms with E-state index in [0.29, 0.717) is 17.9 Å². The fourth-order valence-corrected chi connectivity index (χ4v) is 5.50. The molecule has 1 saturated heterocycles. The number of benzene rings is 2. The Morgan fingerprint density at radius 1 is 1.05 bits per heavy atom. The first-order chi connectivity index (χ1) is 21.0. The number of alkyl halides is 4. The van der Waals surface area contributed by atoms with Gasteiger partial charge < -0.3 is 19.6 Å². The summed E-state index contributed by atoms with van der Waals surface area (Å²) in [5.41, 5.74) is 6.14. The van der Waals surface area contributed by atoms with Crippen molar-refractivity contribution in [3.63, 3.8) is 0 Å². The zero-order valence-electron chi connectivity index (χ0n) is 23.8. The number of carbonyl (C=O) groups is 2. The third kappa shape index (κ3) is 6.76. The van der Waals surface area contributed by atoms with Gasteiger partial charge in [-0.25, -0.2) is 10.4 Å². The van der Waals surface area contributed by atoms with Gasteiger partial charge in [-0.2, -0.15) is 13.2 Å². The van der Waals surface area contributed by atoms with Crippen molar-refractivity contribution in [3.8, 4) is 5.75 Å². The SMILES string of the molecule is CC1C(C(=O)NNCc2ccc(OCC(=O)N3CCN(c4ncccc4C(F)(F)F)CC3)c3ccccc23)=CC=C(O)C1Cl. The van der Waals surface area contributed by atoms with Crippen molar-refractivity contribution in [3.05, 3.63) is 89.3 Å². The number of hydrogen-bond donors (Lipinski definition) is 3. The Kier molecular flexibility index (Phi) is 9.31. The molecule has 2 heterocycles. The predicted molar refractivity (Wildman–Crippen MR) is 160 cm³/mol. The Balaban J connectivity index is 1.17. The maximum Gasteiger partial charge on any atom is 0.419 e. The minimum Gasteiger partial charge on any atom is -0.511 e. The van der Waals surface area contributed by atoms with Crippen molar-refractivity contribution in [1.29, 1.82) is 0 Å². The molecule has 44 heavy (non-hydrogen) atoms. The summed E-state index contributed by atoms with van der Waals surface area (Å²) >= 11 is 6.17. The molecule has 1 aliphatic heterocycles. The maximum absolute atomic E-state index is 13.4. The van der Waals surface area contributed by atoms with Gasteiger partial charge in [0.2, 0.25) is 0 Å². The zero-order chi connectivity index (χ0) is 31.4. The van der Waals surface area contributed by atoms with Crippen LogP contribution in [0, 0.1) is 5.92 Å². The van der Waals surface area contributed by atoms with Gasteiger partial charge in [-0.05, 0) is 41.3 Å². The molecule has 1 aromatic heterocycles. The van der Waals surface area contributed by atoms with Gasteiger partial charge >= 0.3 is 6.18 Å². The van der Waals surface area contributed by atoms with Crippen LogP contribution in [0.15, 0.2) is 78.2 Å². The lowest BCUT2D eigenvalue weighted by molar-refractivity contribution is -0.138. The highest BCUT2D eigenvalue weighted by molar-refractivity contribution is 6.23. The lowest BCUT2D eigenvalue weighted by Gasteiger charge is -2.36. The smallest absolute Gasteiger partial charge is 0.419 e. The van der Waals surface area contributed by atoms with Crippen molar-refractivity contribution in [2.24, 2.45) is 5.92 Å². The molecule has 13 heteroatoms. The van der Waals surface area contributed by atoms with Crippen LogP contribution >= 0.6 is 11.6 Å². The molecule has 0 radical (unpaired) electrons. The van der Waals surface area contributed by atoms with E-state index in [9.17, 15) is 27.9 Å². The Morgan fingerprint density at radius 3 is 2.50 bits per heavy atom. The summed E-state index contributed by atoms with van der Waals surface area (Å²) in [7, 11) is 0. The van der Waals surface area contributed by atoms with E-state index in [1.807, 2.05) is 30.3 Å². The molecule has 2 amide bonds. The number of rotatable bonds is 8. The van der Waals surface area contributed by atoms with Crippen LogP contribution in [0.4, 0.5) is 19.0 Å². The second-order valence-electron chi connectivity index (χ2n) is 10.5. The minimum atomic E-state index is -4.52. The molecule has 3 N–H and O–H groups in total. The number of halogens is 4. The van der Waals surface area contributed by atoms with Crippen LogP contribution in [0.1, 0.15) is 18.1 Å². The van der Waals surface area contributed by atoms with E-state index in [2.05, 4.69) is 15.8 Å². The van der Waals surface area contributed by atoms with Crippen LogP contribution in [-0.4, -0.2) is 65.0 Å². The molecule has 2 unspecified atom stereocenters. The molecule has 1 fully saturated rings. The van der Waals surface area contributed by atoms with E-state index in [4.69, 9.17) is 16.3 Å². The van der Waals surface area contributed by atoms with Gasteiger partial charge in [0.15, 0.2) is 6.61 Å². The first kappa shape index (κ1) is 31.1. The second-order valence-corrected chi connectivity index (χ2v) is 11.0. The molecular weight excluding hydrogens is 599 g/mol. The van der Waals surface area contributed by atoms with Gasteiger partial charge in [-0.1, -0.05) is 37.3 Å². The number of fused-ring (bicyclic) bond motifs is 1. The predicted octanol–water partition coefficient (Wildman–Crippen LogP) is 4.73. The third-order valence-electron chi connectivity index (χ3n) is 7.74. The number of hydrogen-bond acceptors (Lipinski definition) is 7. The highest BCUT2D eigenvalue weighted by Gasteiger charge is 2.36. The van der Waals surface area contributed by atoms with E-state index in [1.54, 1.807) is 28.9 Å². The number of pyridine rings is 1. The quantitative estimate of drug-likeness (QED) is 0.244. The van der Waals surface area contributed by atoms with Gasteiger partial charge in [0, 0.05) is 55.8 Å². The summed E-state index contributed by atoms with van der Waals surface area (Å²) in [6.07, 6.45) is -0.230.